The molecule has 1 aromatic carbocycles. The predicted molar refractivity (Wildman–Crippen MR) is 69.1 cm³/mol. The van der Waals surface area contributed by atoms with Gasteiger partial charge in [-0.15, -0.1) is 0 Å². The minimum Gasteiger partial charge on any atom is -0.382 e. The highest BCUT2D eigenvalue weighted by Crippen LogP contribution is 2.32. The van der Waals surface area contributed by atoms with Crippen LogP contribution in [0.2, 0.25) is 0 Å². The lowest BCUT2D eigenvalue weighted by molar-refractivity contribution is -0.137. The molecule has 1 N–H and O–H groups in total. The van der Waals surface area contributed by atoms with Crippen molar-refractivity contribution in [2.45, 2.75) is 32.5 Å². The van der Waals surface area contributed by atoms with Crippen LogP contribution in [0.25, 0.3) is 0 Å². The van der Waals surface area contributed by atoms with Gasteiger partial charge < -0.3 is 10.1 Å². The Kier molecular flexibility index (Phi) is 5.82. The number of rotatable bonds is 6. The molecule has 0 radical (unpaired) electrons. The van der Waals surface area contributed by atoms with Gasteiger partial charge in [-0.25, -0.2) is 0 Å². The summed E-state index contributed by atoms with van der Waals surface area (Å²) in [7, 11) is 1.80. The molecule has 1 atom stereocenters. The van der Waals surface area contributed by atoms with E-state index in [1.807, 2.05) is 6.92 Å². The Morgan fingerprint density at radius 1 is 1.32 bits per heavy atom. The maximum absolute atomic E-state index is 12.6. The van der Waals surface area contributed by atoms with E-state index in [-0.39, 0.29) is 6.04 Å². The van der Waals surface area contributed by atoms with Gasteiger partial charge in [0.2, 0.25) is 0 Å². The maximum Gasteiger partial charge on any atom is 0.416 e. The number of benzene rings is 1. The highest BCUT2D eigenvalue weighted by Gasteiger charge is 2.30. The molecule has 0 heterocycles. The van der Waals surface area contributed by atoms with Crippen molar-refractivity contribution in [3.8, 4) is 0 Å². The summed E-state index contributed by atoms with van der Waals surface area (Å²) in [6.07, 6.45) is -3.56. The average Bonchev–Trinajstić information content (AvgIpc) is 2.34. The van der Waals surface area contributed by atoms with E-state index >= 15 is 0 Å². The van der Waals surface area contributed by atoms with Gasteiger partial charge in [0.05, 0.1) is 5.56 Å². The lowest BCUT2D eigenvalue weighted by Crippen LogP contribution is -2.20. The van der Waals surface area contributed by atoms with Crippen LogP contribution in [-0.2, 0) is 10.9 Å². The predicted octanol–water partition coefficient (Wildman–Crippen LogP) is 3.70. The summed E-state index contributed by atoms with van der Waals surface area (Å²) >= 11 is 0. The molecular formula is C14H20F3NO. The van der Waals surface area contributed by atoms with E-state index in [0.29, 0.717) is 18.8 Å². The lowest BCUT2D eigenvalue weighted by atomic mass is 9.97. The van der Waals surface area contributed by atoms with Gasteiger partial charge in [-0.3, -0.25) is 0 Å². The van der Waals surface area contributed by atoms with Crippen molar-refractivity contribution < 1.29 is 17.9 Å². The Balaban J connectivity index is 2.87. The summed E-state index contributed by atoms with van der Waals surface area (Å²) in [5.74, 6) is 0. The highest BCUT2D eigenvalue weighted by molar-refractivity contribution is 5.34. The molecule has 0 saturated heterocycles. The van der Waals surface area contributed by atoms with Gasteiger partial charge >= 0.3 is 6.18 Å². The van der Waals surface area contributed by atoms with Gasteiger partial charge in [-0.2, -0.15) is 13.2 Å². The number of hydrogen-bond acceptors (Lipinski definition) is 2. The summed E-state index contributed by atoms with van der Waals surface area (Å²) < 4.78 is 43.1. The molecule has 0 aromatic heterocycles. The van der Waals surface area contributed by atoms with Crippen molar-refractivity contribution in [2.75, 3.05) is 20.3 Å². The molecular weight excluding hydrogens is 255 g/mol. The van der Waals surface area contributed by atoms with Crippen molar-refractivity contribution in [1.82, 2.24) is 5.32 Å². The van der Waals surface area contributed by atoms with Crippen molar-refractivity contribution >= 4 is 0 Å². The van der Waals surface area contributed by atoms with Crippen LogP contribution in [-0.4, -0.2) is 20.3 Å². The second-order valence-electron chi connectivity index (χ2n) is 4.40. The van der Waals surface area contributed by atoms with Gasteiger partial charge in [0, 0.05) is 19.3 Å². The quantitative estimate of drug-likeness (QED) is 0.799. The molecule has 0 bridgehead atoms. The van der Waals surface area contributed by atoms with Gasteiger partial charge in [0.25, 0.3) is 0 Å². The zero-order valence-corrected chi connectivity index (χ0v) is 11.5. The Hall–Kier alpha value is -1.07. The highest BCUT2D eigenvalue weighted by atomic mass is 19.4. The molecule has 0 fully saturated rings. The van der Waals surface area contributed by atoms with Crippen molar-refractivity contribution in [1.29, 1.82) is 0 Å². The standard InChI is InChI=1S/C14H20F3NO/c1-4-19-8-7-13(18-3)12-6-5-11(9-10(12)2)14(15,16)17/h5-6,9,13,18H,4,7-8H2,1-3H3. The van der Waals surface area contributed by atoms with Crippen LogP contribution in [0.15, 0.2) is 18.2 Å². The van der Waals surface area contributed by atoms with Crippen molar-refractivity contribution in [3.05, 3.63) is 34.9 Å². The molecule has 0 spiro atoms. The van der Waals surface area contributed by atoms with Crippen molar-refractivity contribution in [2.24, 2.45) is 0 Å². The number of halogens is 3. The molecule has 0 aliphatic heterocycles. The van der Waals surface area contributed by atoms with Gasteiger partial charge in [-0.05, 0) is 50.6 Å². The third kappa shape index (κ3) is 4.51. The fourth-order valence-electron chi connectivity index (χ4n) is 2.04. The van der Waals surface area contributed by atoms with Crippen molar-refractivity contribution in [3.63, 3.8) is 0 Å². The van der Waals surface area contributed by atoms with E-state index in [1.165, 1.54) is 6.07 Å². The zero-order chi connectivity index (χ0) is 14.5. The molecule has 1 unspecified atom stereocenters. The summed E-state index contributed by atoms with van der Waals surface area (Å²) in [5, 5.41) is 3.12. The molecule has 5 heteroatoms. The first-order valence-corrected chi connectivity index (χ1v) is 6.33. The SMILES string of the molecule is CCOCCC(NC)c1ccc(C(F)(F)F)cc1C. The number of hydrogen-bond donors (Lipinski definition) is 1. The van der Waals surface area contributed by atoms with Gasteiger partial charge in [-0.1, -0.05) is 6.07 Å². The Morgan fingerprint density at radius 2 is 2.00 bits per heavy atom. The zero-order valence-electron chi connectivity index (χ0n) is 11.5. The molecule has 108 valence electrons. The van der Waals surface area contributed by atoms with E-state index in [1.54, 1.807) is 20.0 Å². The van der Waals surface area contributed by atoms with E-state index < -0.39 is 11.7 Å². The van der Waals surface area contributed by atoms with E-state index in [0.717, 1.165) is 18.1 Å². The second kappa shape index (κ2) is 6.91. The first-order valence-electron chi connectivity index (χ1n) is 6.33. The molecule has 2 nitrogen and oxygen atoms in total. The van der Waals surface area contributed by atoms with Crippen LogP contribution in [0, 0.1) is 6.92 Å². The molecule has 19 heavy (non-hydrogen) atoms. The van der Waals surface area contributed by atoms with E-state index in [9.17, 15) is 13.2 Å². The van der Waals surface area contributed by atoms with E-state index in [4.69, 9.17) is 4.74 Å². The minimum absolute atomic E-state index is 0.00818. The van der Waals surface area contributed by atoms with Crippen LogP contribution in [0.4, 0.5) is 13.2 Å². The Bertz CT molecular complexity index is 404. The lowest BCUT2D eigenvalue weighted by Gasteiger charge is -2.20. The smallest absolute Gasteiger partial charge is 0.382 e. The largest absolute Gasteiger partial charge is 0.416 e. The third-order valence-electron chi connectivity index (χ3n) is 3.08. The van der Waals surface area contributed by atoms with Crippen LogP contribution in [0.1, 0.15) is 36.1 Å². The number of ether oxygens (including phenoxy) is 1. The summed E-state index contributed by atoms with van der Waals surface area (Å²) in [4.78, 5) is 0. The summed E-state index contributed by atoms with van der Waals surface area (Å²) in [6, 6.07) is 3.88. The number of nitrogens with one attached hydrogen (secondary N) is 1. The molecule has 1 aromatic rings. The maximum atomic E-state index is 12.6. The fraction of sp³-hybridized carbons (Fsp3) is 0.571. The average molecular weight is 275 g/mol. The normalized spacial score (nSPS) is 13.6. The van der Waals surface area contributed by atoms with Gasteiger partial charge in [0.15, 0.2) is 0 Å². The topological polar surface area (TPSA) is 21.3 Å². The molecule has 0 aliphatic rings. The second-order valence-corrected chi connectivity index (χ2v) is 4.40. The first-order chi connectivity index (χ1) is 8.90. The number of aryl methyl sites for hydroxylation is 1. The van der Waals surface area contributed by atoms with Crippen LogP contribution in [0.5, 0.6) is 0 Å². The molecule has 0 aliphatic carbocycles. The molecule has 1 rings (SSSR count). The monoisotopic (exact) mass is 275 g/mol. The third-order valence-corrected chi connectivity index (χ3v) is 3.08. The summed E-state index contributed by atoms with van der Waals surface area (Å²) in [6.45, 7) is 4.85. The molecule has 0 saturated carbocycles. The van der Waals surface area contributed by atoms with Crippen LogP contribution >= 0.6 is 0 Å². The Morgan fingerprint density at radius 3 is 2.47 bits per heavy atom. The first kappa shape index (κ1) is 16.0. The minimum atomic E-state index is -4.29. The fourth-order valence-corrected chi connectivity index (χ4v) is 2.04. The van der Waals surface area contributed by atoms with Crippen LogP contribution < -0.4 is 5.32 Å². The van der Waals surface area contributed by atoms with E-state index in [2.05, 4.69) is 5.32 Å². The molecule has 0 amide bonds. The summed E-state index contributed by atoms with van der Waals surface area (Å²) in [5.41, 5.74) is 0.925. The van der Waals surface area contributed by atoms with Crippen LogP contribution in [0.3, 0.4) is 0 Å². The Labute approximate surface area is 112 Å². The number of alkyl halides is 3. The van der Waals surface area contributed by atoms with Gasteiger partial charge in [0.1, 0.15) is 0 Å².